The van der Waals surface area contributed by atoms with Crippen molar-refractivity contribution in [3.8, 4) is 11.4 Å². The van der Waals surface area contributed by atoms with Crippen molar-refractivity contribution >= 4 is 34.6 Å². The Morgan fingerprint density at radius 1 is 0.905 bits per heavy atom. The van der Waals surface area contributed by atoms with Crippen molar-refractivity contribution in [2.24, 2.45) is 0 Å². The van der Waals surface area contributed by atoms with Gasteiger partial charge in [-0.2, -0.15) is 0 Å². The summed E-state index contributed by atoms with van der Waals surface area (Å²) in [5.41, 5.74) is 7.07. The van der Waals surface area contributed by atoms with Gasteiger partial charge in [0.25, 0.3) is 5.91 Å². The van der Waals surface area contributed by atoms with Gasteiger partial charge in [0.1, 0.15) is 5.75 Å². The SMILES string of the molecule is Cc1cc([C@H]2[C@@H](c3ccccn3)NC(=S)N2c2ccc(NC(=O)COc3ccccc3)cc2)c(C)n1-c1ccccc1. The van der Waals surface area contributed by atoms with E-state index < -0.39 is 0 Å². The van der Waals surface area contributed by atoms with Gasteiger partial charge in [0.05, 0.1) is 17.8 Å². The topological polar surface area (TPSA) is 71.4 Å². The number of nitrogens with zero attached hydrogens (tertiary/aromatic N) is 3. The molecular formula is C34H31N5O2S. The number of aromatic nitrogens is 2. The van der Waals surface area contributed by atoms with E-state index in [1.54, 1.807) is 0 Å². The predicted octanol–water partition coefficient (Wildman–Crippen LogP) is 6.68. The Balaban J connectivity index is 1.30. The normalized spacial score (nSPS) is 16.2. The van der Waals surface area contributed by atoms with Crippen LogP contribution in [0.4, 0.5) is 11.4 Å². The first-order valence-corrected chi connectivity index (χ1v) is 14.2. The highest BCUT2D eigenvalue weighted by atomic mass is 32.1. The minimum absolute atomic E-state index is 0.0727. The Morgan fingerprint density at radius 3 is 2.29 bits per heavy atom. The molecule has 0 unspecified atom stereocenters. The average molecular weight is 574 g/mol. The maximum Gasteiger partial charge on any atom is 0.262 e. The van der Waals surface area contributed by atoms with Crippen LogP contribution in [0.3, 0.4) is 0 Å². The van der Waals surface area contributed by atoms with E-state index in [2.05, 4.69) is 69.3 Å². The highest BCUT2D eigenvalue weighted by molar-refractivity contribution is 7.80. The summed E-state index contributed by atoms with van der Waals surface area (Å²) in [6, 6.07) is 35.3. The van der Waals surface area contributed by atoms with Crippen LogP contribution in [0.2, 0.25) is 0 Å². The van der Waals surface area contributed by atoms with E-state index in [-0.39, 0.29) is 24.6 Å². The minimum Gasteiger partial charge on any atom is -0.484 e. The van der Waals surface area contributed by atoms with Gasteiger partial charge in [0.2, 0.25) is 0 Å². The number of thiocarbonyl (C=S) groups is 1. The number of rotatable bonds is 8. The molecule has 5 aromatic rings. The van der Waals surface area contributed by atoms with Gasteiger partial charge in [0, 0.05) is 34.6 Å². The Labute approximate surface area is 250 Å². The summed E-state index contributed by atoms with van der Waals surface area (Å²) < 4.78 is 7.86. The molecule has 6 rings (SSSR count). The third kappa shape index (κ3) is 5.49. The van der Waals surface area contributed by atoms with Crippen LogP contribution in [-0.4, -0.2) is 27.2 Å². The molecule has 7 nitrogen and oxygen atoms in total. The quantitative estimate of drug-likeness (QED) is 0.202. The second kappa shape index (κ2) is 11.9. The van der Waals surface area contributed by atoms with E-state index in [1.165, 1.54) is 0 Å². The zero-order chi connectivity index (χ0) is 29.1. The fourth-order valence-electron chi connectivity index (χ4n) is 5.58. The van der Waals surface area contributed by atoms with E-state index in [4.69, 9.17) is 17.0 Å². The maximum absolute atomic E-state index is 12.5. The van der Waals surface area contributed by atoms with Gasteiger partial charge >= 0.3 is 0 Å². The molecule has 2 N–H and O–H groups in total. The summed E-state index contributed by atoms with van der Waals surface area (Å²) in [5.74, 6) is 0.421. The number of hydrogen-bond donors (Lipinski definition) is 2. The first-order valence-electron chi connectivity index (χ1n) is 13.8. The lowest BCUT2D eigenvalue weighted by molar-refractivity contribution is -0.118. The number of benzene rings is 3. The molecule has 8 heteroatoms. The zero-order valence-corrected chi connectivity index (χ0v) is 24.2. The number of pyridine rings is 1. The molecule has 1 amide bonds. The predicted molar refractivity (Wildman–Crippen MR) is 170 cm³/mol. The van der Waals surface area contributed by atoms with Crippen LogP contribution in [-0.2, 0) is 4.79 Å². The van der Waals surface area contributed by atoms with Crippen LogP contribution in [0.25, 0.3) is 5.69 Å². The zero-order valence-electron chi connectivity index (χ0n) is 23.4. The number of anilines is 2. The summed E-state index contributed by atoms with van der Waals surface area (Å²) >= 11 is 5.93. The van der Waals surface area contributed by atoms with Gasteiger partial charge in [-0.3, -0.25) is 9.78 Å². The molecule has 0 saturated carbocycles. The summed E-state index contributed by atoms with van der Waals surface area (Å²) in [6.07, 6.45) is 1.81. The first kappa shape index (κ1) is 27.2. The first-order chi connectivity index (χ1) is 20.5. The van der Waals surface area contributed by atoms with Crippen LogP contribution >= 0.6 is 12.2 Å². The van der Waals surface area contributed by atoms with Gasteiger partial charge < -0.3 is 24.8 Å². The lowest BCUT2D eigenvalue weighted by Crippen LogP contribution is -2.29. The van der Waals surface area contributed by atoms with Crippen LogP contribution < -0.4 is 20.3 Å². The highest BCUT2D eigenvalue weighted by Gasteiger charge is 2.42. The Morgan fingerprint density at radius 2 is 1.60 bits per heavy atom. The summed E-state index contributed by atoms with van der Waals surface area (Å²) in [5, 5.41) is 7.07. The molecule has 0 bridgehead atoms. The van der Waals surface area contributed by atoms with Crippen molar-refractivity contribution < 1.29 is 9.53 Å². The highest BCUT2D eigenvalue weighted by Crippen LogP contribution is 2.43. The molecule has 1 fully saturated rings. The number of amides is 1. The molecule has 1 aliphatic heterocycles. The number of carbonyl (C=O) groups excluding carboxylic acids is 1. The minimum atomic E-state index is -0.230. The van der Waals surface area contributed by atoms with Gasteiger partial charge in [0.15, 0.2) is 11.7 Å². The Hall–Kier alpha value is -4.95. The molecule has 1 aliphatic rings. The van der Waals surface area contributed by atoms with Gasteiger partial charge in [-0.05, 0) is 98.4 Å². The molecule has 0 radical (unpaired) electrons. The van der Waals surface area contributed by atoms with Crippen LogP contribution in [0, 0.1) is 13.8 Å². The summed E-state index contributed by atoms with van der Waals surface area (Å²) in [6.45, 7) is 4.21. The molecular weight excluding hydrogens is 542 g/mol. The smallest absolute Gasteiger partial charge is 0.262 e. The van der Waals surface area contributed by atoms with Crippen molar-refractivity contribution in [1.82, 2.24) is 14.9 Å². The van der Waals surface area contributed by atoms with E-state index >= 15 is 0 Å². The fourth-order valence-corrected chi connectivity index (χ4v) is 5.92. The van der Waals surface area contributed by atoms with Crippen LogP contribution in [0.1, 0.15) is 34.7 Å². The van der Waals surface area contributed by atoms with Gasteiger partial charge in [-0.1, -0.05) is 42.5 Å². The molecule has 0 aliphatic carbocycles. The van der Waals surface area contributed by atoms with Crippen molar-refractivity contribution in [1.29, 1.82) is 0 Å². The maximum atomic E-state index is 12.5. The molecule has 210 valence electrons. The molecule has 3 aromatic carbocycles. The van der Waals surface area contributed by atoms with Crippen LogP contribution in [0.5, 0.6) is 5.75 Å². The second-order valence-electron chi connectivity index (χ2n) is 10.2. The molecule has 3 heterocycles. The summed E-state index contributed by atoms with van der Waals surface area (Å²) in [4.78, 5) is 19.4. The van der Waals surface area contributed by atoms with E-state index in [0.717, 1.165) is 34.0 Å². The van der Waals surface area contributed by atoms with E-state index in [9.17, 15) is 4.79 Å². The fraction of sp³-hybridized carbons (Fsp3) is 0.147. The second-order valence-corrected chi connectivity index (χ2v) is 10.6. The largest absolute Gasteiger partial charge is 0.484 e. The van der Waals surface area contributed by atoms with Gasteiger partial charge in [-0.15, -0.1) is 0 Å². The third-order valence-corrected chi connectivity index (χ3v) is 7.76. The van der Waals surface area contributed by atoms with Crippen LogP contribution in [0.15, 0.2) is 115 Å². The molecule has 0 spiro atoms. The molecule has 42 heavy (non-hydrogen) atoms. The molecule has 2 atom stereocenters. The number of ether oxygens (including phenoxy) is 1. The van der Waals surface area contributed by atoms with Crippen molar-refractivity contribution in [3.63, 3.8) is 0 Å². The molecule has 1 saturated heterocycles. The monoisotopic (exact) mass is 573 g/mol. The Kier molecular flexibility index (Phi) is 7.70. The van der Waals surface area contributed by atoms with E-state index in [0.29, 0.717) is 16.5 Å². The van der Waals surface area contributed by atoms with Gasteiger partial charge in [-0.25, -0.2) is 0 Å². The number of para-hydroxylation sites is 2. The lowest BCUT2D eigenvalue weighted by atomic mass is 9.96. The Bertz CT molecular complexity index is 1690. The average Bonchev–Trinajstić information content (AvgIpc) is 3.52. The lowest BCUT2D eigenvalue weighted by Gasteiger charge is -2.28. The van der Waals surface area contributed by atoms with Crippen molar-refractivity contribution in [2.45, 2.75) is 25.9 Å². The number of aryl methyl sites for hydroxylation is 1. The van der Waals surface area contributed by atoms with Crippen molar-refractivity contribution in [3.05, 3.63) is 138 Å². The standard InChI is InChI=1S/C34H31N5O2S/c1-23-21-29(24(2)38(23)26-11-5-3-6-12-26)33-32(30-15-9-10-20-35-30)37-34(42)39(33)27-18-16-25(17-19-27)36-31(40)22-41-28-13-7-4-8-14-28/h3-21,32-33H,22H2,1-2H3,(H,36,40)(H,37,42)/t32-,33+/m1/s1. The number of nitrogens with one attached hydrogen (secondary N) is 2. The van der Waals surface area contributed by atoms with Crippen molar-refractivity contribution in [2.75, 3.05) is 16.8 Å². The summed E-state index contributed by atoms with van der Waals surface area (Å²) in [7, 11) is 0. The third-order valence-electron chi connectivity index (χ3n) is 7.44. The molecule has 2 aromatic heterocycles. The number of hydrogen-bond acceptors (Lipinski definition) is 4. The number of carbonyl (C=O) groups is 1. The van der Waals surface area contributed by atoms with E-state index in [1.807, 2.05) is 85.1 Å².